The second-order valence-electron chi connectivity index (χ2n) is 6.97. The Hall–Kier alpha value is -2.77. The van der Waals surface area contributed by atoms with Crippen molar-refractivity contribution < 1.29 is 22.7 Å². The Labute approximate surface area is 161 Å². The molecule has 1 amide bonds. The molecule has 3 rings (SSSR count). The first-order valence-corrected chi connectivity index (χ1v) is 9.02. The van der Waals surface area contributed by atoms with E-state index in [2.05, 4.69) is 9.72 Å². The van der Waals surface area contributed by atoms with Crippen molar-refractivity contribution in [2.75, 3.05) is 32.1 Å². The normalized spacial score (nSPS) is 17.3. The van der Waals surface area contributed by atoms with Crippen LogP contribution >= 0.6 is 0 Å². The van der Waals surface area contributed by atoms with Gasteiger partial charge in [-0.05, 0) is 36.6 Å². The molecule has 0 saturated carbocycles. The first-order chi connectivity index (χ1) is 13.2. The molecule has 1 atom stereocenters. The van der Waals surface area contributed by atoms with Crippen LogP contribution in [0, 0.1) is 0 Å². The largest absolute Gasteiger partial charge is 0.573 e. The van der Waals surface area contributed by atoms with Crippen LogP contribution in [0.2, 0.25) is 0 Å². The number of alkyl halides is 3. The number of ether oxygens (including phenoxy) is 1. The maximum absolute atomic E-state index is 12.9. The zero-order chi connectivity index (χ0) is 20.3. The number of rotatable bonds is 4. The SMILES string of the molecule is CN(C)c1cc(C(=O)N2CCCC(c3ccccc3OC(F)(F)F)C2)ccn1. The highest BCUT2D eigenvalue weighted by Crippen LogP contribution is 2.36. The second kappa shape index (κ2) is 8.08. The molecule has 1 aliphatic rings. The van der Waals surface area contributed by atoms with E-state index in [1.807, 2.05) is 14.1 Å². The summed E-state index contributed by atoms with van der Waals surface area (Å²) in [5.74, 6) is 0.104. The number of benzene rings is 1. The fourth-order valence-corrected chi connectivity index (χ4v) is 3.43. The van der Waals surface area contributed by atoms with Gasteiger partial charge in [0.15, 0.2) is 0 Å². The number of carbonyl (C=O) groups excluding carboxylic acids is 1. The molecule has 1 aliphatic heterocycles. The summed E-state index contributed by atoms with van der Waals surface area (Å²) in [7, 11) is 3.68. The van der Waals surface area contributed by atoms with Gasteiger partial charge in [0, 0.05) is 44.9 Å². The molecule has 5 nitrogen and oxygen atoms in total. The van der Waals surface area contributed by atoms with Crippen LogP contribution in [0.5, 0.6) is 5.75 Å². The number of aromatic nitrogens is 1. The van der Waals surface area contributed by atoms with Crippen molar-refractivity contribution in [3.05, 3.63) is 53.7 Å². The van der Waals surface area contributed by atoms with Crippen LogP contribution in [0.3, 0.4) is 0 Å². The lowest BCUT2D eigenvalue weighted by Gasteiger charge is -2.34. The summed E-state index contributed by atoms with van der Waals surface area (Å²) >= 11 is 0. The van der Waals surface area contributed by atoms with Gasteiger partial charge in [-0.25, -0.2) is 4.98 Å². The predicted molar refractivity (Wildman–Crippen MR) is 99.6 cm³/mol. The minimum atomic E-state index is -4.75. The van der Waals surface area contributed by atoms with Gasteiger partial charge in [0.25, 0.3) is 5.91 Å². The molecule has 2 aromatic rings. The zero-order valence-corrected chi connectivity index (χ0v) is 15.7. The smallest absolute Gasteiger partial charge is 0.405 e. The fraction of sp³-hybridized carbons (Fsp3) is 0.400. The highest BCUT2D eigenvalue weighted by atomic mass is 19.4. The molecule has 150 valence electrons. The van der Waals surface area contributed by atoms with E-state index < -0.39 is 6.36 Å². The van der Waals surface area contributed by atoms with Crippen molar-refractivity contribution in [3.8, 4) is 5.75 Å². The summed E-state index contributed by atoms with van der Waals surface area (Å²) in [6, 6.07) is 9.51. The molecular formula is C20H22F3N3O2. The number of para-hydroxylation sites is 1. The molecule has 0 aliphatic carbocycles. The van der Waals surface area contributed by atoms with Crippen LogP contribution in [-0.2, 0) is 0 Å². The number of nitrogens with zero attached hydrogens (tertiary/aromatic N) is 3. The molecule has 0 N–H and O–H groups in total. The Morgan fingerprint density at radius 2 is 2.00 bits per heavy atom. The standard InChI is InChI=1S/C20H22F3N3O2/c1-25(2)18-12-14(9-10-24-18)19(27)26-11-5-6-15(13-26)16-7-3-4-8-17(16)28-20(21,22)23/h3-4,7-10,12,15H,5-6,11,13H2,1-2H3. The number of anilines is 1. The summed E-state index contributed by atoms with van der Waals surface area (Å²) < 4.78 is 42.4. The van der Waals surface area contributed by atoms with Gasteiger partial charge < -0.3 is 14.5 Å². The molecular weight excluding hydrogens is 371 g/mol. The molecule has 8 heteroatoms. The number of amides is 1. The van der Waals surface area contributed by atoms with E-state index in [0.29, 0.717) is 42.9 Å². The first-order valence-electron chi connectivity index (χ1n) is 9.02. The lowest BCUT2D eigenvalue weighted by molar-refractivity contribution is -0.275. The number of halogens is 3. The van der Waals surface area contributed by atoms with E-state index >= 15 is 0 Å². The van der Waals surface area contributed by atoms with Crippen LogP contribution in [0.4, 0.5) is 19.0 Å². The Kier molecular flexibility index (Phi) is 5.76. The molecule has 1 aromatic heterocycles. The Bertz CT molecular complexity index is 839. The van der Waals surface area contributed by atoms with Crippen LogP contribution in [0.1, 0.15) is 34.7 Å². The molecule has 28 heavy (non-hydrogen) atoms. The molecule has 1 aromatic carbocycles. The summed E-state index contributed by atoms with van der Waals surface area (Å²) in [6.45, 7) is 0.911. The average Bonchev–Trinajstić information content (AvgIpc) is 2.67. The van der Waals surface area contributed by atoms with Crippen LogP contribution in [0.15, 0.2) is 42.6 Å². The summed E-state index contributed by atoms with van der Waals surface area (Å²) in [5, 5.41) is 0. The molecule has 1 fully saturated rings. The van der Waals surface area contributed by atoms with Gasteiger partial charge >= 0.3 is 6.36 Å². The number of pyridine rings is 1. The van der Waals surface area contributed by atoms with E-state index in [9.17, 15) is 18.0 Å². The second-order valence-corrected chi connectivity index (χ2v) is 6.97. The number of carbonyl (C=O) groups is 1. The van der Waals surface area contributed by atoms with Crippen LogP contribution < -0.4 is 9.64 Å². The highest BCUT2D eigenvalue weighted by molar-refractivity contribution is 5.95. The van der Waals surface area contributed by atoms with Crippen LogP contribution in [-0.4, -0.2) is 49.3 Å². The maximum Gasteiger partial charge on any atom is 0.573 e. The molecule has 2 heterocycles. The third-order valence-electron chi connectivity index (χ3n) is 4.74. The lowest BCUT2D eigenvalue weighted by atomic mass is 9.89. The van der Waals surface area contributed by atoms with Crippen molar-refractivity contribution in [2.45, 2.75) is 25.1 Å². The van der Waals surface area contributed by atoms with Crippen molar-refractivity contribution in [1.82, 2.24) is 9.88 Å². The molecule has 1 unspecified atom stereocenters. The predicted octanol–water partition coefficient (Wildman–Crippen LogP) is 4.07. The summed E-state index contributed by atoms with van der Waals surface area (Å²) in [4.78, 5) is 20.6. The highest BCUT2D eigenvalue weighted by Gasteiger charge is 2.34. The Morgan fingerprint density at radius 3 is 2.71 bits per heavy atom. The van der Waals surface area contributed by atoms with Gasteiger partial charge in [-0.2, -0.15) is 0 Å². The number of hydrogen-bond acceptors (Lipinski definition) is 4. The molecule has 1 saturated heterocycles. The van der Waals surface area contributed by atoms with E-state index in [1.54, 1.807) is 40.3 Å². The molecule has 0 radical (unpaired) electrons. The Morgan fingerprint density at radius 1 is 1.25 bits per heavy atom. The topological polar surface area (TPSA) is 45.7 Å². The van der Waals surface area contributed by atoms with Gasteiger partial charge in [-0.1, -0.05) is 18.2 Å². The molecule has 0 bridgehead atoms. The van der Waals surface area contributed by atoms with E-state index in [1.165, 1.54) is 12.1 Å². The fourth-order valence-electron chi connectivity index (χ4n) is 3.43. The Balaban J connectivity index is 1.80. The number of piperidine rings is 1. The van der Waals surface area contributed by atoms with Crippen molar-refractivity contribution in [3.63, 3.8) is 0 Å². The number of hydrogen-bond donors (Lipinski definition) is 0. The van der Waals surface area contributed by atoms with Crippen molar-refractivity contribution >= 4 is 11.7 Å². The van der Waals surface area contributed by atoms with Crippen LogP contribution in [0.25, 0.3) is 0 Å². The third-order valence-corrected chi connectivity index (χ3v) is 4.74. The average molecular weight is 393 g/mol. The van der Waals surface area contributed by atoms with Gasteiger partial charge in [-0.3, -0.25) is 4.79 Å². The van der Waals surface area contributed by atoms with Crippen molar-refractivity contribution in [1.29, 1.82) is 0 Å². The maximum atomic E-state index is 12.9. The minimum Gasteiger partial charge on any atom is -0.405 e. The van der Waals surface area contributed by atoms with Gasteiger partial charge in [-0.15, -0.1) is 13.2 Å². The first kappa shape index (κ1) is 20.0. The van der Waals surface area contributed by atoms with E-state index in [4.69, 9.17) is 0 Å². The third kappa shape index (κ3) is 4.74. The lowest BCUT2D eigenvalue weighted by Crippen LogP contribution is -2.39. The quantitative estimate of drug-likeness (QED) is 0.786. The zero-order valence-electron chi connectivity index (χ0n) is 15.7. The summed E-state index contributed by atoms with van der Waals surface area (Å²) in [5.41, 5.74) is 0.986. The molecule has 0 spiro atoms. The minimum absolute atomic E-state index is 0.149. The summed E-state index contributed by atoms with van der Waals surface area (Å²) in [6.07, 6.45) is -1.76. The van der Waals surface area contributed by atoms with E-state index in [-0.39, 0.29) is 17.6 Å². The number of likely N-dealkylation sites (tertiary alicyclic amines) is 1. The monoisotopic (exact) mass is 393 g/mol. The van der Waals surface area contributed by atoms with Crippen molar-refractivity contribution in [2.24, 2.45) is 0 Å². The van der Waals surface area contributed by atoms with Gasteiger partial charge in [0.05, 0.1) is 0 Å². The van der Waals surface area contributed by atoms with Gasteiger partial charge in [0.2, 0.25) is 0 Å². The van der Waals surface area contributed by atoms with Gasteiger partial charge in [0.1, 0.15) is 11.6 Å². The van der Waals surface area contributed by atoms with E-state index in [0.717, 1.165) is 0 Å².